The Hall–Kier alpha value is -4.51. The van der Waals surface area contributed by atoms with Crippen LogP contribution in [0.4, 0.5) is 4.39 Å². The second-order valence-corrected chi connectivity index (χ2v) is 9.05. The SMILES string of the molecule is CCCCCCN1C(=O)C(C#N)=C(C)/C(=C\c2cn(-c3ccccc3)nc2-c2ccc(OC)c(F)c2)C1=O. The Balaban J connectivity index is 1.84. The van der Waals surface area contributed by atoms with Crippen molar-refractivity contribution in [2.24, 2.45) is 0 Å². The molecule has 0 saturated carbocycles. The van der Waals surface area contributed by atoms with E-state index in [0.717, 1.165) is 29.8 Å². The van der Waals surface area contributed by atoms with E-state index in [0.29, 0.717) is 28.8 Å². The van der Waals surface area contributed by atoms with Crippen LogP contribution in [0.2, 0.25) is 0 Å². The first kappa shape index (κ1) is 26.6. The zero-order chi connectivity index (χ0) is 27.2. The molecule has 2 aromatic carbocycles. The van der Waals surface area contributed by atoms with Gasteiger partial charge in [-0.1, -0.05) is 44.4 Å². The van der Waals surface area contributed by atoms with Crippen LogP contribution in [0, 0.1) is 17.1 Å². The molecule has 0 spiro atoms. The van der Waals surface area contributed by atoms with Gasteiger partial charge in [-0.2, -0.15) is 10.4 Å². The van der Waals surface area contributed by atoms with E-state index in [1.54, 1.807) is 29.9 Å². The highest BCUT2D eigenvalue weighted by Gasteiger charge is 2.35. The summed E-state index contributed by atoms with van der Waals surface area (Å²) >= 11 is 0. The highest BCUT2D eigenvalue weighted by atomic mass is 19.1. The summed E-state index contributed by atoms with van der Waals surface area (Å²) in [7, 11) is 1.39. The van der Waals surface area contributed by atoms with Crippen molar-refractivity contribution in [3.63, 3.8) is 0 Å². The number of aromatic nitrogens is 2. The summed E-state index contributed by atoms with van der Waals surface area (Å²) in [5, 5.41) is 14.4. The number of hydrogen-bond acceptors (Lipinski definition) is 5. The molecule has 3 aromatic rings. The normalized spacial score (nSPS) is 14.8. The lowest BCUT2D eigenvalue weighted by Crippen LogP contribution is -2.43. The van der Waals surface area contributed by atoms with E-state index in [2.05, 4.69) is 6.92 Å². The van der Waals surface area contributed by atoms with E-state index in [9.17, 15) is 19.2 Å². The zero-order valence-corrected chi connectivity index (χ0v) is 21.7. The first-order valence-corrected chi connectivity index (χ1v) is 12.6. The number of carbonyl (C=O) groups is 2. The molecule has 0 radical (unpaired) electrons. The van der Waals surface area contributed by atoms with Crippen LogP contribution in [0.15, 0.2) is 71.4 Å². The van der Waals surface area contributed by atoms with Crippen LogP contribution in [0.1, 0.15) is 45.1 Å². The summed E-state index contributed by atoms with van der Waals surface area (Å²) in [5.41, 5.74) is 2.74. The number of rotatable bonds is 9. The average Bonchev–Trinajstić information content (AvgIpc) is 3.35. The van der Waals surface area contributed by atoms with Gasteiger partial charge in [0.1, 0.15) is 17.3 Å². The molecule has 0 saturated heterocycles. The Morgan fingerprint density at radius 2 is 1.84 bits per heavy atom. The predicted molar refractivity (Wildman–Crippen MR) is 143 cm³/mol. The van der Waals surface area contributed by atoms with Crippen LogP contribution in [-0.2, 0) is 9.59 Å². The van der Waals surface area contributed by atoms with Crippen molar-refractivity contribution in [1.82, 2.24) is 14.7 Å². The Morgan fingerprint density at radius 1 is 1.08 bits per heavy atom. The molecule has 0 N–H and O–H groups in total. The number of nitriles is 1. The number of para-hydroxylation sites is 1. The fourth-order valence-electron chi connectivity index (χ4n) is 4.43. The second kappa shape index (κ2) is 11.7. The summed E-state index contributed by atoms with van der Waals surface area (Å²) < 4.78 is 21.3. The molecule has 0 bridgehead atoms. The van der Waals surface area contributed by atoms with Crippen molar-refractivity contribution in [2.75, 3.05) is 13.7 Å². The van der Waals surface area contributed by atoms with Gasteiger partial charge in [-0.25, -0.2) is 9.07 Å². The van der Waals surface area contributed by atoms with Crippen LogP contribution >= 0.6 is 0 Å². The van der Waals surface area contributed by atoms with Gasteiger partial charge >= 0.3 is 0 Å². The maximum atomic E-state index is 14.6. The molecule has 2 heterocycles. The van der Waals surface area contributed by atoms with E-state index in [1.165, 1.54) is 19.2 Å². The van der Waals surface area contributed by atoms with E-state index < -0.39 is 17.6 Å². The number of methoxy groups -OCH3 is 1. The lowest BCUT2D eigenvalue weighted by molar-refractivity contribution is -0.140. The molecule has 0 aliphatic carbocycles. The maximum absolute atomic E-state index is 14.6. The lowest BCUT2D eigenvalue weighted by Gasteiger charge is -2.27. The van der Waals surface area contributed by atoms with Crippen LogP contribution in [-0.4, -0.2) is 40.1 Å². The van der Waals surface area contributed by atoms with Gasteiger partial charge in [-0.15, -0.1) is 0 Å². The maximum Gasteiger partial charge on any atom is 0.271 e. The minimum Gasteiger partial charge on any atom is -0.494 e. The van der Waals surface area contributed by atoms with E-state index in [-0.39, 0.29) is 23.4 Å². The molecular formula is C30H29FN4O3. The van der Waals surface area contributed by atoms with Gasteiger partial charge in [-0.3, -0.25) is 14.5 Å². The van der Waals surface area contributed by atoms with Crippen LogP contribution in [0.25, 0.3) is 23.0 Å². The molecule has 0 unspecified atom stereocenters. The molecule has 194 valence electrons. The number of ether oxygens (including phenoxy) is 1. The number of carbonyl (C=O) groups excluding carboxylic acids is 2. The third-order valence-electron chi connectivity index (χ3n) is 6.55. The van der Waals surface area contributed by atoms with Crippen LogP contribution in [0.3, 0.4) is 0 Å². The summed E-state index contributed by atoms with van der Waals surface area (Å²) in [5.74, 6) is -1.46. The average molecular weight is 513 g/mol. The molecule has 7 nitrogen and oxygen atoms in total. The number of amides is 2. The number of unbranched alkanes of at least 4 members (excludes halogenated alkanes) is 3. The topological polar surface area (TPSA) is 88.2 Å². The minimum absolute atomic E-state index is 0.0566. The molecule has 1 aliphatic rings. The number of nitrogens with zero attached hydrogens (tertiary/aromatic N) is 4. The molecule has 38 heavy (non-hydrogen) atoms. The summed E-state index contributed by atoms with van der Waals surface area (Å²) in [6, 6.07) is 15.9. The monoisotopic (exact) mass is 512 g/mol. The van der Waals surface area contributed by atoms with Gasteiger partial charge in [0.05, 0.1) is 12.8 Å². The molecule has 8 heteroatoms. The largest absolute Gasteiger partial charge is 0.494 e. The minimum atomic E-state index is -0.568. The van der Waals surface area contributed by atoms with Gasteiger partial charge in [0.15, 0.2) is 11.6 Å². The zero-order valence-electron chi connectivity index (χ0n) is 21.7. The van der Waals surface area contributed by atoms with Crippen molar-refractivity contribution < 1.29 is 18.7 Å². The fraction of sp³-hybridized carbons (Fsp3) is 0.267. The predicted octanol–water partition coefficient (Wildman–Crippen LogP) is 5.86. The van der Waals surface area contributed by atoms with Gasteiger partial charge in [-0.05, 0) is 55.3 Å². The number of hydrogen-bond donors (Lipinski definition) is 0. The first-order chi connectivity index (χ1) is 18.4. The quantitative estimate of drug-likeness (QED) is 0.204. The molecule has 0 atom stereocenters. The van der Waals surface area contributed by atoms with Crippen LogP contribution in [0.5, 0.6) is 5.75 Å². The van der Waals surface area contributed by atoms with Crippen LogP contribution < -0.4 is 4.74 Å². The Bertz CT molecular complexity index is 1460. The third-order valence-corrected chi connectivity index (χ3v) is 6.55. The smallest absolute Gasteiger partial charge is 0.271 e. The second-order valence-electron chi connectivity index (χ2n) is 9.05. The van der Waals surface area contributed by atoms with E-state index >= 15 is 0 Å². The first-order valence-electron chi connectivity index (χ1n) is 12.6. The number of halogens is 1. The molecule has 2 amide bonds. The standard InChI is InChI=1S/C30H29FN4O3/c1-4-5-6-10-15-34-29(36)24(20(2)25(18-32)30(34)37)16-22-19-35(23-11-8-7-9-12-23)33-28(22)21-13-14-27(38-3)26(31)17-21/h7-9,11-14,16-17,19H,4-6,10,15H2,1-3H3/b24-16+. The van der Waals surface area contributed by atoms with Gasteiger partial charge < -0.3 is 4.74 Å². The van der Waals surface area contributed by atoms with Crippen molar-refractivity contribution in [2.45, 2.75) is 39.5 Å². The van der Waals surface area contributed by atoms with Gasteiger partial charge in [0, 0.05) is 29.4 Å². The van der Waals surface area contributed by atoms with E-state index in [1.807, 2.05) is 36.4 Å². The Kier molecular flexibility index (Phi) is 8.17. The van der Waals surface area contributed by atoms with Crippen molar-refractivity contribution in [3.05, 3.63) is 82.8 Å². The van der Waals surface area contributed by atoms with Crippen molar-refractivity contribution in [1.29, 1.82) is 5.26 Å². The third kappa shape index (κ3) is 5.28. The van der Waals surface area contributed by atoms with Crippen molar-refractivity contribution >= 4 is 17.9 Å². The van der Waals surface area contributed by atoms with Gasteiger partial charge in [0.25, 0.3) is 11.8 Å². The molecule has 1 aliphatic heterocycles. The summed E-state index contributed by atoms with van der Waals surface area (Å²) in [4.78, 5) is 27.6. The Labute approximate surface area is 221 Å². The summed E-state index contributed by atoms with van der Waals surface area (Å²) in [6.07, 6.45) is 6.95. The molecule has 1 aromatic heterocycles. The van der Waals surface area contributed by atoms with E-state index in [4.69, 9.17) is 9.84 Å². The highest BCUT2D eigenvalue weighted by molar-refractivity contribution is 6.19. The number of benzene rings is 2. The number of imide groups is 1. The van der Waals surface area contributed by atoms with Gasteiger partial charge in [0.2, 0.25) is 0 Å². The highest BCUT2D eigenvalue weighted by Crippen LogP contribution is 2.32. The van der Waals surface area contributed by atoms with Crippen molar-refractivity contribution in [3.8, 4) is 28.8 Å². The lowest BCUT2D eigenvalue weighted by atomic mass is 9.93. The molecule has 4 rings (SSSR count). The molecular weight excluding hydrogens is 483 g/mol. The Morgan fingerprint density at radius 3 is 2.50 bits per heavy atom. The fourth-order valence-corrected chi connectivity index (χ4v) is 4.43. The summed E-state index contributed by atoms with van der Waals surface area (Å²) in [6.45, 7) is 3.93. The molecule has 0 fully saturated rings.